The zero-order valence-electron chi connectivity index (χ0n) is 12.3. The van der Waals surface area contributed by atoms with E-state index in [0.717, 1.165) is 5.56 Å². The molecule has 4 nitrogen and oxygen atoms in total. The number of ether oxygens (including phenoxy) is 2. The summed E-state index contributed by atoms with van der Waals surface area (Å²) in [6.45, 7) is 1.38. The fourth-order valence-corrected chi connectivity index (χ4v) is 2.13. The molecule has 2 rings (SSSR count). The van der Waals surface area contributed by atoms with Crippen LogP contribution in [0.25, 0.3) is 0 Å². The average molecular weight is 320 g/mol. The molecular weight excluding hydrogens is 302 g/mol. The molecule has 0 bridgehead atoms. The van der Waals surface area contributed by atoms with E-state index in [1.807, 2.05) is 30.3 Å². The van der Waals surface area contributed by atoms with Gasteiger partial charge in [0.1, 0.15) is 5.75 Å². The Balaban J connectivity index is 1.77. The second-order valence-electron chi connectivity index (χ2n) is 4.64. The van der Waals surface area contributed by atoms with Crippen LogP contribution in [0.1, 0.15) is 15.9 Å². The summed E-state index contributed by atoms with van der Waals surface area (Å²) in [6, 6.07) is 14.8. The van der Waals surface area contributed by atoms with Gasteiger partial charge in [-0.15, -0.1) is 0 Å². The molecule has 0 aliphatic rings. The van der Waals surface area contributed by atoms with Crippen molar-refractivity contribution >= 4 is 17.5 Å². The molecule has 2 aromatic rings. The van der Waals surface area contributed by atoms with Gasteiger partial charge in [0.05, 0.1) is 25.9 Å². The predicted molar refractivity (Wildman–Crippen MR) is 86.4 cm³/mol. The van der Waals surface area contributed by atoms with Crippen molar-refractivity contribution < 1.29 is 14.3 Å². The molecule has 0 fully saturated rings. The van der Waals surface area contributed by atoms with Crippen LogP contribution < -0.4 is 10.1 Å². The van der Waals surface area contributed by atoms with E-state index in [4.69, 9.17) is 21.1 Å². The van der Waals surface area contributed by atoms with Gasteiger partial charge < -0.3 is 14.8 Å². The average Bonchev–Trinajstić information content (AvgIpc) is 2.55. The smallest absolute Gasteiger partial charge is 0.255 e. The van der Waals surface area contributed by atoms with Crippen LogP contribution in [0.4, 0.5) is 0 Å². The molecule has 0 radical (unpaired) electrons. The molecule has 0 spiro atoms. The highest BCUT2D eigenvalue weighted by molar-refractivity contribution is 6.31. The van der Waals surface area contributed by atoms with Crippen LogP contribution in [0, 0.1) is 0 Å². The Bertz CT molecular complexity index is 617. The van der Waals surface area contributed by atoms with E-state index in [1.165, 1.54) is 7.11 Å². The standard InChI is InChI=1S/C17H18ClNO3/c1-21-16-8-7-14(18)11-15(16)17(20)19-9-10-22-12-13-5-3-2-4-6-13/h2-8,11H,9-10,12H2,1H3,(H,19,20). The molecule has 0 saturated carbocycles. The van der Waals surface area contributed by atoms with E-state index < -0.39 is 0 Å². The zero-order valence-corrected chi connectivity index (χ0v) is 13.1. The predicted octanol–water partition coefficient (Wildman–Crippen LogP) is 3.30. The number of rotatable bonds is 7. The maximum Gasteiger partial charge on any atom is 0.255 e. The first-order chi connectivity index (χ1) is 10.7. The van der Waals surface area contributed by atoms with Crippen LogP contribution in [0.2, 0.25) is 5.02 Å². The third kappa shape index (κ3) is 4.76. The molecule has 1 N–H and O–H groups in total. The molecule has 0 aliphatic carbocycles. The molecule has 2 aromatic carbocycles. The lowest BCUT2D eigenvalue weighted by Crippen LogP contribution is -2.27. The number of carbonyl (C=O) groups excluding carboxylic acids is 1. The van der Waals surface area contributed by atoms with Crippen molar-refractivity contribution in [1.29, 1.82) is 0 Å². The summed E-state index contributed by atoms with van der Waals surface area (Å²) in [5.41, 5.74) is 1.52. The summed E-state index contributed by atoms with van der Waals surface area (Å²) in [7, 11) is 1.52. The maximum absolute atomic E-state index is 12.1. The van der Waals surface area contributed by atoms with E-state index in [2.05, 4.69) is 5.32 Å². The molecular formula is C17H18ClNO3. The van der Waals surface area contributed by atoms with Crippen LogP contribution in [0.15, 0.2) is 48.5 Å². The minimum Gasteiger partial charge on any atom is -0.496 e. The second kappa shape index (κ2) is 8.41. The number of amides is 1. The maximum atomic E-state index is 12.1. The lowest BCUT2D eigenvalue weighted by Gasteiger charge is -2.10. The van der Waals surface area contributed by atoms with Crippen molar-refractivity contribution in [2.45, 2.75) is 6.61 Å². The first-order valence-corrected chi connectivity index (χ1v) is 7.32. The van der Waals surface area contributed by atoms with Crippen LogP contribution in [0.3, 0.4) is 0 Å². The zero-order chi connectivity index (χ0) is 15.8. The van der Waals surface area contributed by atoms with E-state index in [-0.39, 0.29) is 5.91 Å². The summed E-state index contributed by atoms with van der Waals surface area (Å²) in [6.07, 6.45) is 0. The van der Waals surface area contributed by atoms with Gasteiger partial charge >= 0.3 is 0 Å². The summed E-state index contributed by atoms with van der Waals surface area (Å²) < 4.78 is 10.7. The molecule has 0 heterocycles. The van der Waals surface area contributed by atoms with Gasteiger partial charge in [0.15, 0.2) is 0 Å². The van der Waals surface area contributed by atoms with Gasteiger partial charge in [-0.25, -0.2) is 0 Å². The first-order valence-electron chi connectivity index (χ1n) is 6.94. The number of hydrogen-bond donors (Lipinski definition) is 1. The van der Waals surface area contributed by atoms with Gasteiger partial charge in [-0.2, -0.15) is 0 Å². The molecule has 0 atom stereocenters. The quantitative estimate of drug-likeness (QED) is 0.797. The Hall–Kier alpha value is -2.04. The molecule has 22 heavy (non-hydrogen) atoms. The van der Waals surface area contributed by atoms with Crippen molar-refractivity contribution in [3.63, 3.8) is 0 Å². The van der Waals surface area contributed by atoms with Crippen LogP contribution >= 0.6 is 11.6 Å². The van der Waals surface area contributed by atoms with Crippen molar-refractivity contribution in [2.24, 2.45) is 0 Å². The summed E-state index contributed by atoms with van der Waals surface area (Å²) in [5, 5.41) is 3.28. The van der Waals surface area contributed by atoms with Gasteiger partial charge in [0.25, 0.3) is 5.91 Å². The van der Waals surface area contributed by atoms with Gasteiger partial charge in [-0.05, 0) is 23.8 Å². The van der Waals surface area contributed by atoms with Crippen molar-refractivity contribution in [3.8, 4) is 5.75 Å². The summed E-state index contributed by atoms with van der Waals surface area (Å²) in [5.74, 6) is 0.259. The monoisotopic (exact) mass is 319 g/mol. The lowest BCUT2D eigenvalue weighted by atomic mass is 10.2. The fourth-order valence-electron chi connectivity index (χ4n) is 1.95. The van der Waals surface area contributed by atoms with Crippen LogP contribution in [-0.4, -0.2) is 26.2 Å². The summed E-state index contributed by atoms with van der Waals surface area (Å²) in [4.78, 5) is 12.1. The molecule has 0 saturated heterocycles. The Morgan fingerprint density at radius 2 is 1.95 bits per heavy atom. The van der Waals surface area contributed by atoms with E-state index in [9.17, 15) is 4.79 Å². The highest BCUT2D eigenvalue weighted by atomic mass is 35.5. The molecule has 5 heteroatoms. The van der Waals surface area contributed by atoms with Crippen molar-refractivity contribution in [2.75, 3.05) is 20.3 Å². The molecule has 0 aliphatic heterocycles. The highest BCUT2D eigenvalue weighted by Gasteiger charge is 2.12. The second-order valence-corrected chi connectivity index (χ2v) is 5.08. The van der Waals surface area contributed by atoms with Gasteiger partial charge in [-0.3, -0.25) is 4.79 Å². The topological polar surface area (TPSA) is 47.6 Å². The molecule has 0 unspecified atom stereocenters. The number of methoxy groups -OCH3 is 1. The minimum atomic E-state index is -0.234. The van der Waals surface area contributed by atoms with Crippen LogP contribution in [-0.2, 0) is 11.3 Å². The van der Waals surface area contributed by atoms with Crippen molar-refractivity contribution in [1.82, 2.24) is 5.32 Å². The Labute approximate surface area is 135 Å². The van der Waals surface area contributed by atoms with Gasteiger partial charge in [0.2, 0.25) is 0 Å². The van der Waals surface area contributed by atoms with E-state index in [1.54, 1.807) is 18.2 Å². The van der Waals surface area contributed by atoms with Crippen molar-refractivity contribution in [3.05, 3.63) is 64.7 Å². The SMILES string of the molecule is COc1ccc(Cl)cc1C(=O)NCCOCc1ccccc1. The number of halogens is 1. The Morgan fingerprint density at radius 1 is 1.18 bits per heavy atom. The minimum absolute atomic E-state index is 0.234. The summed E-state index contributed by atoms with van der Waals surface area (Å²) >= 11 is 5.91. The molecule has 0 aromatic heterocycles. The lowest BCUT2D eigenvalue weighted by molar-refractivity contribution is 0.0898. The first kappa shape index (κ1) is 16.3. The third-order valence-electron chi connectivity index (χ3n) is 3.05. The number of hydrogen-bond acceptors (Lipinski definition) is 3. The highest BCUT2D eigenvalue weighted by Crippen LogP contribution is 2.22. The van der Waals surface area contributed by atoms with E-state index in [0.29, 0.717) is 36.1 Å². The fraction of sp³-hybridized carbons (Fsp3) is 0.235. The Kier molecular flexibility index (Phi) is 6.25. The third-order valence-corrected chi connectivity index (χ3v) is 3.28. The largest absolute Gasteiger partial charge is 0.496 e. The van der Waals surface area contributed by atoms with Gasteiger partial charge in [-0.1, -0.05) is 41.9 Å². The Morgan fingerprint density at radius 3 is 2.68 bits per heavy atom. The number of carbonyl (C=O) groups is 1. The number of benzene rings is 2. The number of nitrogens with one attached hydrogen (secondary N) is 1. The van der Waals surface area contributed by atoms with Crippen LogP contribution in [0.5, 0.6) is 5.75 Å². The molecule has 116 valence electrons. The molecule has 1 amide bonds. The van der Waals surface area contributed by atoms with Gasteiger partial charge in [0, 0.05) is 11.6 Å². The van der Waals surface area contributed by atoms with E-state index >= 15 is 0 Å². The normalized spacial score (nSPS) is 10.3.